The van der Waals surface area contributed by atoms with Gasteiger partial charge in [-0.25, -0.2) is 0 Å². The zero-order valence-corrected chi connectivity index (χ0v) is 13.7. The fourth-order valence-electron chi connectivity index (χ4n) is 3.67. The van der Waals surface area contributed by atoms with Crippen molar-refractivity contribution in [3.05, 3.63) is 18.0 Å². The molecular weight excluding hydrogens is 262 g/mol. The zero-order chi connectivity index (χ0) is 15.3. The van der Waals surface area contributed by atoms with Crippen molar-refractivity contribution in [2.75, 3.05) is 13.1 Å². The molecular formula is C17H27N3O. The van der Waals surface area contributed by atoms with Gasteiger partial charge in [-0.3, -0.25) is 9.48 Å². The van der Waals surface area contributed by atoms with Gasteiger partial charge in [-0.1, -0.05) is 6.92 Å². The van der Waals surface area contributed by atoms with Gasteiger partial charge in [0.15, 0.2) is 0 Å². The molecule has 0 N–H and O–H groups in total. The lowest BCUT2D eigenvalue weighted by Gasteiger charge is -2.42. The van der Waals surface area contributed by atoms with Gasteiger partial charge in [-0.15, -0.1) is 0 Å². The summed E-state index contributed by atoms with van der Waals surface area (Å²) in [7, 11) is 1.89. The molecule has 21 heavy (non-hydrogen) atoms. The molecule has 2 fully saturated rings. The Morgan fingerprint density at radius 2 is 1.95 bits per heavy atom. The van der Waals surface area contributed by atoms with E-state index in [-0.39, 0.29) is 5.91 Å². The molecule has 0 atom stereocenters. The van der Waals surface area contributed by atoms with Gasteiger partial charge in [0.1, 0.15) is 0 Å². The summed E-state index contributed by atoms with van der Waals surface area (Å²) < 4.78 is 1.77. The summed E-state index contributed by atoms with van der Waals surface area (Å²) in [6.07, 6.45) is 8.88. The minimum Gasteiger partial charge on any atom is -0.342 e. The SMILES string of the molecule is Cn1cc(C(C)(C)C(=O)N2CCC(C)(C3CC3)CC2)cn1. The van der Waals surface area contributed by atoms with Gasteiger partial charge in [-0.05, 0) is 50.9 Å². The van der Waals surface area contributed by atoms with Crippen LogP contribution in [-0.4, -0.2) is 33.7 Å². The normalized spacial score (nSPS) is 22.4. The van der Waals surface area contributed by atoms with Crippen molar-refractivity contribution >= 4 is 5.91 Å². The van der Waals surface area contributed by atoms with Crippen LogP contribution >= 0.6 is 0 Å². The summed E-state index contributed by atoms with van der Waals surface area (Å²) in [5, 5.41) is 4.21. The number of nitrogens with zero attached hydrogens (tertiary/aromatic N) is 3. The first-order chi connectivity index (χ1) is 9.83. The van der Waals surface area contributed by atoms with Gasteiger partial charge in [-0.2, -0.15) is 5.10 Å². The lowest BCUT2D eigenvalue weighted by molar-refractivity contribution is -0.138. The molecule has 1 saturated carbocycles. The highest BCUT2D eigenvalue weighted by Crippen LogP contribution is 2.51. The predicted molar refractivity (Wildman–Crippen MR) is 82.9 cm³/mol. The second-order valence-corrected chi connectivity index (χ2v) is 7.75. The number of hydrogen-bond donors (Lipinski definition) is 0. The van der Waals surface area contributed by atoms with Gasteiger partial charge >= 0.3 is 0 Å². The average molecular weight is 289 g/mol. The highest BCUT2D eigenvalue weighted by atomic mass is 16.2. The molecule has 2 heterocycles. The molecule has 1 saturated heterocycles. The van der Waals surface area contributed by atoms with Crippen molar-refractivity contribution in [1.82, 2.24) is 14.7 Å². The molecule has 1 aromatic heterocycles. The summed E-state index contributed by atoms with van der Waals surface area (Å²) in [4.78, 5) is 15.0. The van der Waals surface area contributed by atoms with Crippen LogP contribution < -0.4 is 0 Å². The van der Waals surface area contributed by atoms with E-state index in [0.717, 1.165) is 37.4 Å². The van der Waals surface area contributed by atoms with Crippen molar-refractivity contribution in [1.29, 1.82) is 0 Å². The number of rotatable bonds is 3. The van der Waals surface area contributed by atoms with Gasteiger partial charge in [0.25, 0.3) is 0 Å². The Morgan fingerprint density at radius 3 is 2.43 bits per heavy atom. The monoisotopic (exact) mass is 289 g/mol. The number of amides is 1. The molecule has 4 nitrogen and oxygen atoms in total. The quantitative estimate of drug-likeness (QED) is 0.858. The number of likely N-dealkylation sites (tertiary alicyclic amines) is 1. The van der Waals surface area contributed by atoms with E-state index in [1.165, 1.54) is 12.8 Å². The molecule has 4 heteroatoms. The molecule has 0 bridgehead atoms. The molecule has 0 unspecified atom stereocenters. The van der Waals surface area contributed by atoms with Crippen LogP contribution in [0.5, 0.6) is 0 Å². The molecule has 0 spiro atoms. The van der Waals surface area contributed by atoms with E-state index in [9.17, 15) is 4.79 Å². The molecule has 1 aliphatic heterocycles. The maximum atomic E-state index is 12.9. The Hall–Kier alpha value is -1.32. The third-order valence-electron chi connectivity index (χ3n) is 5.72. The topological polar surface area (TPSA) is 38.1 Å². The van der Waals surface area contributed by atoms with E-state index >= 15 is 0 Å². The fourth-order valence-corrected chi connectivity index (χ4v) is 3.67. The van der Waals surface area contributed by atoms with Crippen molar-refractivity contribution in [2.45, 2.75) is 51.9 Å². The molecule has 3 rings (SSSR count). The van der Waals surface area contributed by atoms with Crippen LogP contribution in [0, 0.1) is 11.3 Å². The van der Waals surface area contributed by atoms with Crippen LogP contribution in [0.15, 0.2) is 12.4 Å². The van der Waals surface area contributed by atoms with E-state index < -0.39 is 5.41 Å². The Bertz CT molecular complexity index is 534. The summed E-state index contributed by atoms with van der Waals surface area (Å²) in [6.45, 7) is 8.27. The van der Waals surface area contributed by atoms with E-state index in [1.54, 1.807) is 4.68 Å². The van der Waals surface area contributed by atoms with Crippen LogP contribution in [0.4, 0.5) is 0 Å². The Morgan fingerprint density at radius 1 is 1.33 bits per heavy atom. The lowest BCUT2D eigenvalue weighted by atomic mass is 9.75. The average Bonchev–Trinajstić information content (AvgIpc) is 3.22. The predicted octanol–water partition coefficient (Wildman–Crippen LogP) is 2.74. The standard InChI is InChI=1S/C17H27N3O/c1-16(2,14-11-18-19(4)12-14)15(21)20-9-7-17(3,8-10-20)13-5-6-13/h11-13H,5-10H2,1-4H3. The lowest BCUT2D eigenvalue weighted by Crippen LogP contribution is -2.49. The minimum atomic E-state index is -0.485. The number of aromatic nitrogens is 2. The molecule has 1 aromatic rings. The maximum Gasteiger partial charge on any atom is 0.232 e. The van der Waals surface area contributed by atoms with E-state index in [0.29, 0.717) is 5.41 Å². The largest absolute Gasteiger partial charge is 0.342 e. The van der Waals surface area contributed by atoms with Crippen LogP contribution in [-0.2, 0) is 17.3 Å². The highest BCUT2D eigenvalue weighted by molar-refractivity contribution is 5.87. The highest BCUT2D eigenvalue weighted by Gasteiger charge is 2.45. The van der Waals surface area contributed by atoms with Crippen LogP contribution in [0.3, 0.4) is 0 Å². The smallest absolute Gasteiger partial charge is 0.232 e. The molecule has 116 valence electrons. The van der Waals surface area contributed by atoms with Crippen LogP contribution in [0.2, 0.25) is 0 Å². The number of aryl methyl sites for hydroxylation is 1. The second-order valence-electron chi connectivity index (χ2n) is 7.75. The van der Waals surface area contributed by atoms with Gasteiger partial charge < -0.3 is 4.90 Å². The number of piperidine rings is 1. The van der Waals surface area contributed by atoms with Gasteiger partial charge in [0, 0.05) is 31.9 Å². The van der Waals surface area contributed by atoms with E-state index in [4.69, 9.17) is 0 Å². The third kappa shape index (κ3) is 2.60. The number of carbonyl (C=O) groups excluding carboxylic acids is 1. The summed E-state index contributed by atoms with van der Waals surface area (Å²) in [6, 6.07) is 0. The third-order valence-corrected chi connectivity index (χ3v) is 5.72. The maximum absolute atomic E-state index is 12.9. The van der Waals surface area contributed by atoms with Gasteiger partial charge in [0.05, 0.1) is 11.6 Å². The Balaban J connectivity index is 1.68. The molecule has 0 aromatic carbocycles. The van der Waals surface area contributed by atoms with E-state index in [2.05, 4.69) is 16.9 Å². The minimum absolute atomic E-state index is 0.244. The van der Waals surface area contributed by atoms with Gasteiger partial charge in [0.2, 0.25) is 5.91 Å². The zero-order valence-electron chi connectivity index (χ0n) is 13.7. The van der Waals surface area contributed by atoms with Crippen LogP contribution in [0.1, 0.15) is 52.0 Å². The summed E-state index contributed by atoms with van der Waals surface area (Å²) in [5.74, 6) is 1.16. The molecule has 1 aliphatic carbocycles. The second kappa shape index (κ2) is 4.85. The molecule has 1 amide bonds. The Kier molecular flexibility index (Phi) is 3.38. The first-order valence-electron chi connectivity index (χ1n) is 8.11. The first kappa shape index (κ1) is 14.6. The molecule has 2 aliphatic rings. The van der Waals surface area contributed by atoms with Crippen molar-refractivity contribution in [2.24, 2.45) is 18.4 Å². The summed E-state index contributed by atoms with van der Waals surface area (Å²) >= 11 is 0. The van der Waals surface area contributed by atoms with Crippen molar-refractivity contribution in [3.8, 4) is 0 Å². The molecule has 0 radical (unpaired) electrons. The number of hydrogen-bond acceptors (Lipinski definition) is 2. The first-order valence-corrected chi connectivity index (χ1v) is 8.11. The van der Waals surface area contributed by atoms with Crippen LogP contribution in [0.25, 0.3) is 0 Å². The van der Waals surface area contributed by atoms with Crippen molar-refractivity contribution in [3.63, 3.8) is 0 Å². The van der Waals surface area contributed by atoms with Crippen molar-refractivity contribution < 1.29 is 4.79 Å². The summed E-state index contributed by atoms with van der Waals surface area (Å²) in [5.41, 5.74) is 1.00. The number of carbonyl (C=O) groups is 1. The fraction of sp³-hybridized carbons (Fsp3) is 0.765. The van der Waals surface area contributed by atoms with E-state index in [1.807, 2.05) is 33.3 Å². The Labute approximate surface area is 127 Å².